The monoisotopic (exact) mass is 222 g/mol. The molecule has 0 aliphatic carbocycles. The molecule has 0 atom stereocenters. The first-order valence-electron chi connectivity index (χ1n) is 4.47. The number of benzene rings is 1. The number of hydrogen-bond donors (Lipinski definition) is 1. The molecule has 0 aliphatic heterocycles. The number of rotatable bonds is 3. The molecule has 0 fully saturated rings. The van der Waals surface area contributed by atoms with Gasteiger partial charge in [0.25, 0.3) is 0 Å². The van der Waals surface area contributed by atoms with Gasteiger partial charge in [0.1, 0.15) is 11.6 Å². The van der Waals surface area contributed by atoms with E-state index < -0.39 is 19.0 Å². The van der Waals surface area contributed by atoms with E-state index in [1.165, 1.54) is 0 Å². The highest BCUT2D eigenvalue weighted by Crippen LogP contribution is 2.18. The average molecular weight is 222 g/mol. The van der Waals surface area contributed by atoms with Crippen LogP contribution in [0, 0.1) is 5.82 Å². The lowest BCUT2D eigenvalue weighted by atomic mass is 10.2. The van der Waals surface area contributed by atoms with Gasteiger partial charge in [-0.15, -0.1) is 0 Å². The summed E-state index contributed by atoms with van der Waals surface area (Å²) in [6, 6.07) is 3.06. The summed E-state index contributed by atoms with van der Waals surface area (Å²) in [5, 5.41) is 8.59. The van der Waals surface area contributed by atoms with E-state index >= 15 is 0 Å². The van der Waals surface area contributed by atoms with Crippen LogP contribution in [0.2, 0.25) is 0 Å². The number of alkyl halides is 2. The van der Waals surface area contributed by atoms with Crippen LogP contribution in [-0.4, -0.2) is 11.7 Å². The zero-order chi connectivity index (χ0) is 11.8. The first-order valence-corrected chi connectivity index (χ1v) is 4.47. The fraction of sp³-hybridized carbons (Fsp3) is 0.400. The molecule has 0 amide bonds. The second-order valence-corrected chi connectivity index (χ2v) is 2.29. The van der Waals surface area contributed by atoms with Crippen molar-refractivity contribution < 1.29 is 23.0 Å². The van der Waals surface area contributed by atoms with Crippen LogP contribution in [0.5, 0.6) is 5.75 Å². The van der Waals surface area contributed by atoms with Crippen molar-refractivity contribution in [1.82, 2.24) is 0 Å². The van der Waals surface area contributed by atoms with Crippen LogP contribution >= 0.6 is 0 Å². The van der Waals surface area contributed by atoms with Crippen molar-refractivity contribution in [3.63, 3.8) is 0 Å². The summed E-state index contributed by atoms with van der Waals surface area (Å²) in [6.07, 6.45) is 0. The molecule has 0 saturated heterocycles. The van der Waals surface area contributed by atoms with Crippen LogP contribution in [0.4, 0.5) is 13.2 Å². The fourth-order valence-corrected chi connectivity index (χ4v) is 0.848. The van der Waals surface area contributed by atoms with Crippen molar-refractivity contribution in [2.24, 2.45) is 0 Å². The molecule has 0 aromatic heterocycles. The summed E-state index contributed by atoms with van der Waals surface area (Å²) in [5.41, 5.74) is -0.0712. The molecule has 2 nitrogen and oxygen atoms in total. The Morgan fingerprint density at radius 2 is 1.93 bits per heavy atom. The third-order valence-corrected chi connectivity index (χ3v) is 1.41. The molecule has 15 heavy (non-hydrogen) atoms. The molecule has 86 valence electrons. The maximum absolute atomic E-state index is 12.7. The molecule has 1 aromatic rings. The van der Waals surface area contributed by atoms with Gasteiger partial charge in [-0.2, -0.15) is 8.78 Å². The van der Waals surface area contributed by atoms with Gasteiger partial charge in [-0.3, -0.25) is 0 Å². The highest BCUT2D eigenvalue weighted by atomic mass is 19.3. The van der Waals surface area contributed by atoms with Gasteiger partial charge in [-0.05, 0) is 18.2 Å². The molecule has 5 heteroatoms. The summed E-state index contributed by atoms with van der Waals surface area (Å²) in [6.45, 7) is 0.503. The van der Waals surface area contributed by atoms with Crippen LogP contribution in [0.15, 0.2) is 18.2 Å². The van der Waals surface area contributed by atoms with Gasteiger partial charge < -0.3 is 9.84 Å². The number of ether oxygens (including phenoxy) is 1. The minimum Gasteiger partial charge on any atom is -0.435 e. The number of aliphatic hydroxyl groups excluding tert-OH is 1. The quantitative estimate of drug-likeness (QED) is 0.851. The molecule has 1 N–H and O–H groups in total. The van der Waals surface area contributed by atoms with Crippen LogP contribution < -0.4 is 4.74 Å². The number of halogens is 3. The topological polar surface area (TPSA) is 29.5 Å². The van der Waals surface area contributed by atoms with E-state index in [2.05, 4.69) is 4.74 Å². The Balaban J connectivity index is 0.000000921. The van der Waals surface area contributed by atoms with Gasteiger partial charge in [0.15, 0.2) is 0 Å². The van der Waals surface area contributed by atoms with E-state index in [0.29, 0.717) is 0 Å². The third-order valence-electron chi connectivity index (χ3n) is 1.41. The van der Waals surface area contributed by atoms with Crippen molar-refractivity contribution >= 4 is 0 Å². The zero-order valence-electron chi connectivity index (χ0n) is 8.51. The molecule has 0 saturated carbocycles. The Labute approximate surface area is 86.3 Å². The molecule has 0 spiro atoms. The first-order chi connectivity index (χ1) is 7.13. The van der Waals surface area contributed by atoms with Crippen LogP contribution in [0.3, 0.4) is 0 Å². The largest absolute Gasteiger partial charge is 0.435 e. The van der Waals surface area contributed by atoms with Gasteiger partial charge in [0.2, 0.25) is 0 Å². The summed E-state index contributed by atoms with van der Waals surface area (Å²) in [4.78, 5) is 0. The first kappa shape index (κ1) is 13.8. The Morgan fingerprint density at radius 1 is 1.33 bits per heavy atom. The maximum atomic E-state index is 12.7. The van der Waals surface area contributed by atoms with Gasteiger partial charge >= 0.3 is 6.61 Å². The van der Waals surface area contributed by atoms with Crippen LogP contribution in [-0.2, 0) is 6.61 Å². The van der Waals surface area contributed by atoms with Crippen molar-refractivity contribution in [1.29, 1.82) is 0 Å². The predicted octanol–water partition coefficient (Wildman–Crippen LogP) is 2.95. The van der Waals surface area contributed by atoms with E-state index in [1.54, 1.807) is 0 Å². The lowest BCUT2D eigenvalue weighted by Crippen LogP contribution is -2.02. The van der Waals surface area contributed by atoms with Crippen LogP contribution in [0.25, 0.3) is 0 Å². The second-order valence-electron chi connectivity index (χ2n) is 2.29. The third kappa shape index (κ3) is 4.69. The summed E-state index contributed by atoms with van der Waals surface area (Å²) < 4.78 is 40.1. The van der Waals surface area contributed by atoms with E-state index in [9.17, 15) is 13.2 Å². The van der Waals surface area contributed by atoms with E-state index in [0.717, 1.165) is 18.2 Å². The zero-order valence-corrected chi connectivity index (χ0v) is 8.51. The van der Waals surface area contributed by atoms with Crippen LogP contribution in [0.1, 0.15) is 19.4 Å². The Morgan fingerprint density at radius 3 is 2.40 bits per heavy atom. The minimum absolute atomic E-state index is 0.0712. The molecule has 0 unspecified atom stereocenters. The summed E-state index contributed by atoms with van der Waals surface area (Å²) >= 11 is 0. The Bertz CT molecular complexity index is 290. The summed E-state index contributed by atoms with van der Waals surface area (Å²) in [7, 11) is 0. The fourth-order valence-electron chi connectivity index (χ4n) is 0.848. The molecule has 0 radical (unpaired) electrons. The Hall–Kier alpha value is -1.23. The van der Waals surface area contributed by atoms with Gasteiger partial charge in [-0.1, -0.05) is 13.8 Å². The Kier molecular flexibility index (Phi) is 6.53. The van der Waals surface area contributed by atoms with Gasteiger partial charge in [0, 0.05) is 5.56 Å². The van der Waals surface area contributed by atoms with Crippen molar-refractivity contribution in [2.75, 3.05) is 0 Å². The van der Waals surface area contributed by atoms with E-state index in [1.807, 2.05) is 13.8 Å². The van der Waals surface area contributed by atoms with Gasteiger partial charge in [-0.25, -0.2) is 4.39 Å². The van der Waals surface area contributed by atoms with Gasteiger partial charge in [0.05, 0.1) is 6.61 Å². The molecule has 0 bridgehead atoms. The smallest absolute Gasteiger partial charge is 0.387 e. The molecule has 1 aromatic carbocycles. The average Bonchev–Trinajstić information content (AvgIpc) is 2.23. The van der Waals surface area contributed by atoms with Crippen molar-refractivity contribution in [3.8, 4) is 5.75 Å². The highest BCUT2D eigenvalue weighted by Gasteiger charge is 2.07. The normalized spacial score (nSPS) is 9.53. The maximum Gasteiger partial charge on any atom is 0.387 e. The number of hydrogen-bond acceptors (Lipinski definition) is 2. The second kappa shape index (κ2) is 7.11. The van der Waals surface area contributed by atoms with Crippen molar-refractivity contribution in [2.45, 2.75) is 27.1 Å². The molecular weight excluding hydrogens is 209 g/mol. The SMILES string of the molecule is CC.OCc1cc(OC(F)F)ccc1F. The molecule has 0 heterocycles. The lowest BCUT2D eigenvalue weighted by molar-refractivity contribution is -0.0499. The highest BCUT2D eigenvalue weighted by molar-refractivity contribution is 5.29. The lowest BCUT2D eigenvalue weighted by Gasteiger charge is -2.05. The predicted molar refractivity (Wildman–Crippen MR) is 50.3 cm³/mol. The molecular formula is C10H13F3O2. The summed E-state index contributed by atoms with van der Waals surface area (Å²) in [5.74, 6) is -0.815. The molecule has 1 rings (SSSR count). The minimum atomic E-state index is -2.95. The molecule has 0 aliphatic rings. The van der Waals surface area contributed by atoms with Crippen molar-refractivity contribution in [3.05, 3.63) is 29.6 Å². The standard InChI is InChI=1S/C8H7F3O2.C2H6/c9-7-2-1-6(13-8(10)11)3-5(7)4-12;1-2/h1-3,8,12H,4H2;1-2H3. The van der Waals surface area contributed by atoms with E-state index in [-0.39, 0.29) is 11.3 Å². The number of aliphatic hydroxyl groups is 1. The van der Waals surface area contributed by atoms with E-state index in [4.69, 9.17) is 5.11 Å².